The average molecular weight is 791 g/mol. The van der Waals surface area contributed by atoms with Crippen molar-refractivity contribution in [2.45, 2.75) is 12.3 Å². The summed E-state index contributed by atoms with van der Waals surface area (Å²) in [6.45, 7) is 0. The molecule has 12 rings (SSSR count). The number of para-hydroxylation sites is 1. The van der Waals surface area contributed by atoms with Crippen molar-refractivity contribution in [2.24, 2.45) is 0 Å². The van der Waals surface area contributed by atoms with E-state index in [4.69, 9.17) is 0 Å². The van der Waals surface area contributed by atoms with E-state index in [9.17, 15) is 0 Å². The zero-order chi connectivity index (χ0) is 41.0. The monoisotopic (exact) mass is 790 g/mol. The summed E-state index contributed by atoms with van der Waals surface area (Å²) in [5, 5.41) is 4.95. The van der Waals surface area contributed by atoms with Crippen LogP contribution in [0.25, 0.3) is 71.6 Å². The van der Waals surface area contributed by atoms with E-state index in [-0.39, 0.29) is 0 Å². The Bertz CT molecular complexity index is 3420. The Labute approximate surface area is 362 Å². The maximum absolute atomic E-state index is 2.45. The lowest BCUT2D eigenvalue weighted by Crippen LogP contribution is -2.10. The molecular formula is C60H42N2. The molecule has 2 nitrogen and oxygen atoms in total. The first-order valence-corrected chi connectivity index (χ1v) is 21.6. The van der Waals surface area contributed by atoms with Gasteiger partial charge in [-0.05, 0) is 128 Å². The van der Waals surface area contributed by atoms with Crippen molar-refractivity contribution in [2.75, 3.05) is 4.90 Å². The van der Waals surface area contributed by atoms with Crippen molar-refractivity contribution in [3.8, 4) is 39.1 Å². The molecule has 1 heterocycles. The van der Waals surface area contributed by atoms with E-state index < -0.39 is 0 Å². The quantitative estimate of drug-likeness (QED) is 0.149. The first-order valence-electron chi connectivity index (χ1n) is 21.6. The van der Waals surface area contributed by atoms with Crippen LogP contribution in [-0.4, -0.2) is 4.57 Å². The van der Waals surface area contributed by atoms with Crippen LogP contribution < -0.4 is 4.90 Å². The molecule has 62 heavy (non-hydrogen) atoms. The molecule has 0 spiro atoms. The fourth-order valence-corrected chi connectivity index (χ4v) is 10.0. The molecule has 0 aliphatic heterocycles. The Morgan fingerprint density at radius 3 is 1.79 bits per heavy atom. The van der Waals surface area contributed by atoms with Gasteiger partial charge in [0.1, 0.15) is 0 Å². The molecule has 0 saturated carbocycles. The van der Waals surface area contributed by atoms with Gasteiger partial charge in [-0.3, -0.25) is 0 Å². The minimum Gasteiger partial charge on any atom is -0.310 e. The highest BCUT2D eigenvalue weighted by Gasteiger charge is 2.31. The van der Waals surface area contributed by atoms with E-state index in [1.165, 1.54) is 82.6 Å². The van der Waals surface area contributed by atoms with Crippen molar-refractivity contribution >= 4 is 49.6 Å². The highest BCUT2D eigenvalue weighted by atomic mass is 15.1. The van der Waals surface area contributed by atoms with Crippen LogP contribution in [0.15, 0.2) is 237 Å². The summed E-state index contributed by atoms with van der Waals surface area (Å²) in [6.07, 6.45) is 0.981. The Hall–Kier alpha value is -7.94. The molecule has 1 atom stereocenters. The molecule has 0 amide bonds. The van der Waals surface area contributed by atoms with Gasteiger partial charge in [0.25, 0.3) is 0 Å². The number of rotatable bonds is 8. The Morgan fingerprint density at radius 1 is 0.371 bits per heavy atom. The zero-order valence-electron chi connectivity index (χ0n) is 34.2. The van der Waals surface area contributed by atoms with Crippen molar-refractivity contribution in [3.05, 3.63) is 253 Å². The molecule has 0 saturated heterocycles. The summed E-state index contributed by atoms with van der Waals surface area (Å²) >= 11 is 0. The Kier molecular flexibility index (Phi) is 8.67. The van der Waals surface area contributed by atoms with E-state index >= 15 is 0 Å². The van der Waals surface area contributed by atoms with Gasteiger partial charge in [0, 0.05) is 39.4 Å². The highest BCUT2D eigenvalue weighted by molar-refractivity contribution is 6.10. The van der Waals surface area contributed by atoms with Gasteiger partial charge in [-0.1, -0.05) is 176 Å². The summed E-state index contributed by atoms with van der Waals surface area (Å²) in [5.74, 6) is 0.313. The van der Waals surface area contributed by atoms with Crippen molar-refractivity contribution < 1.29 is 0 Å². The van der Waals surface area contributed by atoms with E-state index in [2.05, 4.69) is 246 Å². The normalized spacial score (nSPS) is 13.1. The molecule has 11 aromatic rings. The van der Waals surface area contributed by atoms with Gasteiger partial charge in [-0.2, -0.15) is 0 Å². The molecule has 292 valence electrons. The Balaban J connectivity index is 0.973. The molecular weight excluding hydrogens is 749 g/mol. The molecule has 0 radical (unpaired) electrons. The van der Waals surface area contributed by atoms with Gasteiger partial charge < -0.3 is 9.47 Å². The standard InChI is InChI=1S/C60H42N2/c1-3-14-41(15-4-1)38-57-52-20-9-10-22-55(52)60-51(23-13-24-56(57)60)46-29-37-54-53-21-11-12-25-58(53)62(59(54)40-46)49-35-33-48(34-36-49)61(50-32-28-43-18-7-8-19-45(43)39-50)47-30-26-44(27-31-47)42-16-5-2-6-17-42/h1-37,39-40,57H,38H2/t57-/m0/s1. The lowest BCUT2D eigenvalue weighted by atomic mass is 9.89. The SMILES string of the molecule is c1ccc(C[C@H]2c3ccccc3-c3c(-c4ccc5c6ccccc6n(-c6ccc(N(c7ccc(-c8ccccc8)cc7)c7ccc8ccccc8c7)cc6)c5c4)cccc32)cc1. The van der Waals surface area contributed by atoms with Crippen molar-refractivity contribution in [1.82, 2.24) is 4.57 Å². The number of aromatic nitrogens is 1. The van der Waals surface area contributed by atoms with E-state index in [1.54, 1.807) is 0 Å². The lowest BCUT2D eigenvalue weighted by molar-refractivity contribution is 0.827. The number of hydrogen-bond donors (Lipinski definition) is 0. The fraction of sp³-hybridized carbons (Fsp3) is 0.0333. The maximum Gasteiger partial charge on any atom is 0.0547 e. The molecule has 10 aromatic carbocycles. The number of hydrogen-bond acceptors (Lipinski definition) is 1. The summed E-state index contributed by atoms with van der Waals surface area (Å²) in [7, 11) is 0. The highest BCUT2D eigenvalue weighted by Crippen LogP contribution is 2.51. The van der Waals surface area contributed by atoms with Crippen LogP contribution in [0.1, 0.15) is 22.6 Å². The predicted octanol–water partition coefficient (Wildman–Crippen LogP) is 16.1. The first-order chi connectivity index (χ1) is 30.7. The summed E-state index contributed by atoms with van der Waals surface area (Å²) in [4.78, 5) is 2.37. The second-order valence-corrected chi connectivity index (χ2v) is 16.5. The molecule has 1 aliphatic carbocycles. The van der Waals surface area contributed by atoms with Gasteiger partial charge in [0.05, 0.1) is 11.0 Å². The van der Waals surface area contributed by atoms with Gasteiger partial charge in [0.15, 0.2) is 0 Å². The largest absolute Gasteiger partial charge is 0.310 e. The van der Waals surface area contributed by atoms with Crippen LogP contribution >= 0.6 is 0 Å². The topological polar surface area (TPSA) is 8.17 Å². The van der Waals surface area contributed by atoms with E-state index in [0.717, 1.165) is 29.2 Å². The summed E-state index contributed by atoms with van der Waals surface area (Å²) in [6, 6.07) is 86.8. The average Bonchev–Trinajstić information content (AvgIpc) is 3.85. The third kappa shape index (κ3) is 6.11. The van der Waals surface area contributed by atoms with Crippen LogP contribution in [0, 0.1) is 0 Å². The van der Waals surface area contributed by atoms with Crippen LogP contribution in [0.3, 0.4) is 0 Å². The van der Waals surface area contributed by atoms with Gasteiger partial charge in [-0.15, -0.1) is 0 Å². The predicted molar refractivity (Wildman–Crippen MR) is 261 cm³/mol. The number of benzene rings is 10. The lowest BCUT2D eigenvalue weighted by Gasteiger charge is -2.26. The van der Waals surface area contributed by atoms with Crippen LogP contribution in [0.2, 0.25) is 0 Å². The molecule has 0 N–H and O–H groups in total. The van der Waals surface area contributed by atoms with Crippen molar-refractivity contribution in [1.29, 1.82) is 0 Å². The Morgan fingerprint density at radius 2 is 0.968 bits per heavy atom. The molecule has 0 bridgehead atoms. The summed E-state index contributed by atoms with van der Waals surface area (Å²) in [5.41, 5.74) is 18.7. The van der Waals surface area contributed by atoms with Gasteiger partial charge >= 0.3 is 0 Å². The molecule has 0 fully saturated rings. The van der Waals surface area contributed by atoms with Crippen LogP contribution in [0.5, 0.6) is 0 Å². The fourth-order valence-electron chi connectivity index (χ4n) is 10.0. The molecule has 1 aromatic heterocycles. The van der Waals surface area contributed by atoms with Crippen LogP contribution in [0.4, 0.5) is 17.1 Å². The molecule has 1 aliphatic rings. The first kappa shape index (κ1) is 36.0. The third-order valence-electron chi connectivity index (χ3n) is 12.9. The number of anilines is 3. The molecule has 0 unspecified atom stereocenters. The minimum atomic E-state index is 0.313. The molecule has 2 heteroatoms. The number of fused-ring (bicyclic) bond motifs is 7. The maximum atomic E-state index is 2.45. The van der Waals surface area contributed by atoms with E-state index in [1.807, 2.05) is 0 Å². The second kappa shape index (κ2) is 15.0. The smallest absolute Gasteiger partial charge is 0.0547 e. The third-order valence-corrected chi connectivity index (χ3v) is 12.9. The van der Waals surface area contributed by atoms with Gasteiger partial charge in [0.2, 0.25) is 0 Å². The van der Waals surface area contributed by atoms with Crippen molar-refractivity contribution in [3.63, 3.8) is 0 Å². The second-order valence-electron chi connectivity index (χ2n) is 16.5. The number of nitrogens with zero attached hydrogens (tertiary/aromatic N) is 2. The summed E-state index contributed by atoms with van der Waals surface area (Å²) < 4.78 is 2.45. The van der Waals surface area contributed by atoms with Gasteiger partial charge in [-0.25, -0.2) is 0 Å². The zero-order valence-corrected chi connectivity index (χ0v) is 34.2. The van der Waals surface area contributed by atoms with E-state index in [0.29, 0.717) is 5.92 Å². The minimum absolute atomic E-state index is 0.313. The van der Waals surface area contributed by atoms with Crippen LogP contribution in [-0.2, 0) is 6.42 Å².